The van der Waals surface area contributed by atoms with E-state index < -0.39 is 0 Å². The second kappa shape index (κ2) is 5.53. The van der Waals surface area contributed by atoms with Crippen molar-refractivity contribution in [1.29, 1.82) is 0 Å². The first kappa shape index (κ1) is 13.7. The van der Waals surface area contributed by atoms with Crippen LogP contribution in [0, 0.1) is 6.92 Å². The minimum Gasteiger partial charge on any atom is -0.507 e. The Morgan fingerprint density at radius 3 is 2.37 bits per heavy atom. The Labute approximate surface area is 121 Å². The predicted octanol–water partition coefficient (Wildman–Crippen LogP) is 4.34. The summed E-state index contributed by atoms with van der Waals surface area (Å²) >= 11 is 3.48. The van der Waals surface area contributed by atoms with Gasteiger partial charge in [0, 0.05) is 10.2 Å². The fourth-order valence-corrected chi connectivity index (χ4v) is 2.40. The summed E-state index contributed by atoms with van der Waals surface area (Å²) in [6.07, 6.45) is 0. The molecule has 19 heavy (non-hydrogen) atoms. The SMILES string of the molecule is Cc1ccc(Br)c(NC(C)c2c(O)cccc2O)c1. The zero-order valence-corrected chi connectivity index (χ0v) is 12.4. The van der Waals surface area contributed by atoms with Crippen LogP contribution in [0.1, 0.15) is 24.1 Å². The molecule has 0 bridgehead atoms. The maximum atomic E-state index is 9.85. The molecule has 1 atom stereocenters. The van der Waals surface area contributed by atoms with Crippen molar-refractivity contribution >= 4 is 21.6 Å². The molecular formula is C15H16BrNO2. The van der Waals surface area contributed by atoms with Crippen molar-refractivity contribution in [3.05, 3.63) is 52.0 Å². The fraction of sp³-hybridized carbons (Fsp3) is 0.200. The predicted molar refractivity (Wildman–Crippen MR) is 80.7 cm³/mol. The van der Waals surface area contributed by atoms with Crippen LogP contribution in [0.15, 0.2) is 40.9 Å². The van der Waals surface area contributed by atoms with Gasteiger partial charge in [-0.05, 0) is 59.6 Å². The summed E-state index contributed by atoms with van der Waals surface area (Å²) in [6.45, 7) is 3.91. The van der Waals surface area contributed by atoms with Gasteiger partial charge in [-0.25, -0.2) is 0 Å². The van der Waals surface area contributed by atoms with Gasteiger partial charge in [0.15, 0.2) is 0 Å². The Hall–Kier alpha value is -1.68. The van der Waals surface area contributed by atoms with Crippen LogP contribution in [0.25, 0.3) is 0 Å². The van der Waals surface area contributed by atoms with E-state index in [-0.39, 0.29) is 17.5 Å². The monoisotopic (exact) mass is 321 g/mol. The Kier molecular flexibility index (Phi) is 4.00. The third-order valence-corrected chi connectivity index (χ3v) is 3.68. The normalized spacial score (nSPS) is 12.2. The average molecular weight is 322 g/mol. The van der Waals surface area contributed by atoms with E-state index in [4.69, 9.17) is 0 Å². The summed E-state index contributed by atoms with van der Waals surface area (Å²) < 4.78 is 0.944. The van der Waals surface area contributed by atoms with E-state index in [2.05, 4.69) is 21.2 Å². The van der Waals surface area contributed by atoms with Crippen molar-refractivity contribution in [3.8, 4) is 11.5 Å². The van der Waals surface area contributed by atoms with Crippen LogP contribution in [0.5, 0.6) is 11.5 Å². The lowest BCUT2D eigenvalue weighted by Gasteiger charge is -2.19. The number of aromatic hydroxyl groups is 2. The molecule has 2 aromatic carbocycles. The van der Waals surface area contributed by atoms with Gasteiger partial charge in [0.05, 0.1) is 11.6 Å². The fourth-order valence-electron chi connectivity index (χ4n) is 2.04. The third kappa shape index (κ3) is 3.01. The third-order valence-electron chi connectivity index (χ3n) is 2.99. The first-order valence-electron chi connectivity index (χ1n) is 6.02. The number of aryl methyl sites for hydroxylation is 1. The van der Waals surface area contributed by atoms with Crippen molar-refractivity contribution in [2.75, 3.05) is 5.32 Å². The standard InChI is InChI=1S/C15H16BrNO2/c1-9-6-7-11(16)12(8-9)17-10(2)15-13(18)4-3-5-14(15)19/h3-8,10,17-19H,1-2H3. The van der Waals surface area contributed by atoms with Crippen LogP contribution in [0.4, 0.5) is 5.69 Å². The molecule has 100 valence electrons. The number of hydrogen-bond donors (Lipinski definition) is 3. The van der Waals surface area contributed by atoms with Gasteiger partial charge in [-0.3, -0.25) is 0 Å². The Morgan fingerprint density at radius 2 is 1.74 bits per heavy atom. The second-order valence-corrected chi connectivity index (χ2v) is 5.41. The number of hydrogen-bond acceptors (Lipinski definition) is 3. The van der Waals surface area contributed by atoms with Gasteiger partial charge >= 0.3 is 0 Å². The highest BCUT2D eigenvalue weighted by Crippen LogP contribution is 2.35. The van der Waals surface area contributed by atoms with E-state index in [0.29, 0.717) is 5.56 Å². The second-order valence-electron chi connectivity index (χ2n) is 4.56. The molecule has 0 aliphatic rings. The largest absolute Gasteiger partial charge is 0.507 e. The van der Waals surface area contributed by atoms with Gasteiger partial charge in [-0.2, -0.15) is 0 Å². The lowest BCUT2D eigenvalue weighted by molar-refractivity contribution is 0.434. The van der Waals surface area contributed by atoms with E-state index in [0.717, 1.165) is 15.7 Å². The Morgan fingerprint density at radius 1 is 1.11 bits per heavy atom. The van der Waals surface area contributed by atoms with E-state index in [9.17, 15) is 10.2 Å². The topological polar surface area (TPSA) is 52.5 Å². The van der Waals surface area contributed by atoms with E-state index in [1.165, 1.54) is 0 Å². The smallest absolute Gasteiger partial charge is 0.124 e. The molecule has 0 amide bonds. The molecule has 0 aliphatic heterocycles. The van der Waals surface area contributed by atoms with Crippen LogP contribution in [0.3, 0.4) is 0 Å². The number of rotatable bonds is 3. The summed E-state index contributed by atoms with van der Waals surface area (Å²) in [5.41, 5.74) is 2.56. The van der Waals surface area contributed by atoms with E-state index in [1.54, 1.807) is 18.2 Å². The number of anilines is 1. The number of phenolic OH excluding ortho intramolecular Hbond substituents is 2. The molecule has 1 unspecified atom stereocenters. The summed E-state index contributed by atoms with van der Waals surface area (Å²) in [5.74, 6) is 0.174. The highest BCUT2D eigenvalue weighted by Gasteiger charge is 2.15. The lowest BCUT2D eigenvalue weighted by Crippen LogP contribution is -2.07. The molecule has 0 saturated heterocycles. The summed E-state index contributed by atoms with van der Waals surface area (Å²) in [7, 11) is 0. The highest BCUT2D eigenvalue weighted by atomic mass is 79.9. The summed E-state index contributed by atoms with van der Waals surface area (Å²) in [4.78, 5) is 0. The van der Waals surface area contributed by atoms with Crippen LogP contribution in [0.2, 0.25) is 0 Å². The zero-order chi connectivity index (χ0) is 14.0. The molecule has 3 nitrogen and oxygen atoms in total. The van der Waals surface area contributed by atoms with Gasteiger partial charge in [0.25, 0.3) is 0 Å². The number of benzene rings is 2. The Bertz CT molecular complexity index is 578. The van der Waals surface area contributed by atoms with E-state index >= 15 is 0 Å². The molecule has 2 rings (SSSR count). The zero-order valence-electron chi connectivity index (χ0n) is 10.8. The molecule has 0 radical (unpaired) electrons. The molecule has 0 aliphatic carbocycles. The first-order chi connectivity index (χ1) is 8.99. The molecule has 0 saturated carbocycles. The van der Waals surface area contributed by atoms with Gasteiger partial charge in [-0.1, -0.05) is 12.1 Å². The summed E-state index contributed by atoms with van der Waals surface area (Å²) in [6, 6.07) is 10.5. The van der Waals surface area contributed by atoms with Gasteiger partial charge in [0.2, 0.25) is 0 Å². The molecular weight excluding hydrogens is 306 g/mol. The molecule has 2 aromatic rings. The van der Waals surface area contributed by atoms with Crippen LogP contribution in [-0.2, 0) is 0 Å². The number of halogens is 1. The van der Waals surface area contributed by atoms with E-state index in [1.807, 2.05) is 32.0 Å². The number of phenols is 2. The van der Waals surface area contributed by atoms with Crippen LogP contribution >= 0.6 is 15.9 Å². The molecule has 0 heterocycles. The van der Waals surface area contributed by atoms with Gasteiger partial charge in [-0.15, -0.1) is 0 Å². The van der Waals surface area contributed by atoms with Crippen LogP contribution < -0.4 is 5.32 Å². The van der Waals surface area contributed by atoms with Crippen molar-refractivity contribution in [1.82, 2.24) is 0 Å². The number of nitrogens with one attached hydrogen (secondary N) is 1. The summed E-state index contributed by atoms with van der Waals surface area (Å²) in [5, 5.41) is 23.0. The first-order valence-corrected chi connectivity index (χ1v) is 6.82. The minimum atomic E-state index is -0.209. The molecule has 0 fully saturated rings. The molecule has 0 spiro atoms. The van der Waals surface area contributed by atoms with Crippen molar-refractivity contribution in [3.63, 3.8) is 0 Å². The quantitative estimate of drug-likeness (QED) is 0.788. The maximum Gasteiger partial charge on any atom is 0.124 e. The lowest BCUT2D eigenvalue weighted by atomic mass is 10.1. The molecule has 4 heteroatoms. The van der Waals surface area contributed by atoms with Crippen LogP contribution in [-0.4, -0.2) is 10.2 Å². The highest BCUT2D eigenvalue weighted by molar-refractivity contribution is 9.10. The Balaban J connectivity index is 2.31. The van der Waals surface area contributed by atoms with Crippen molar-refractivity contribution in [2.24, 2.45) is 0 Å². The molecule has 3 N–H and O–H groups in total. The maximum absolute atomic E-state index is 9.85. The molecule has 0 aromatic heterocycles. The van der Waals surface area contributed by atoms with Gasteiger partial charge in [0.1, 0.15) is 11.5 Å². The minimum absolute atomic E-state index is 0.0868. The van der Waals surface area contributed by atoms with Crippen molar-refractivity contribution in [2.45, 2.75) is 19.9 Å². The van der Waals surface area contributed by atoms with Gasteiger partial charge < -0.3 is 15.5 Å². The average Bonchev–Trinajstić information content (AvgIpc) is 2.33. The van der Waals surface area contributed by atoms with Crippen molar-refractivity contribution < 1.29 is 10.2 Å².